The Kier molecular flexibility index (Phi) is 5.47. The third kappa shape index (κ3) is 3.80. The molecule has 0 saturated carbocycles. The lowest BCUT2D eigenvalue weighted by molar-refractivity contribution is 0.240. The largest absolute Gasteiger partial charge is 0.491 e. The fraction of sp³-hybridized carbons (Fsp3) is 0.625. The van der Waals surface area contributed by atoms with Gasteiger partial charge < -0.3 is 10.1 Å². The van der Waals surface area contributed by atoms with Crippen LogP contribution in [0.2, 0.25) is 0 Å². The predicted octanol–water partition coefficient (Wildman–Crippen LogP) is 2.01. The summed E-state index contributed by atoms with van der Waals surface area (Å²) in [5.74, 6) is 1.13. The molecule has 1 heterocycles. The minimum Gasteiger partial charge on any atom is -0.491 e. The van der Waals surface area contributed by atoms with Crippen molar-refractivity contribution in [3.63, 3.8) is 0 Å². The summed E-state index contributed by atoms with van der Waals surface area (Å²) in [6.45, 7) is 7.83. The van der Waals surface area contributed by atoms with Crippen molar-refractivity contribution in [3.05, 3.63) is 23.8 Å². The van der Waals surface area contributed by atoms with Gasteiger partial charge in [-0.15, -0.1) is 0 Å². The Morgan fingerprint density at radius 1 is 1.41 bits per heavy atom. The minimum absolute atomic E-state index is 0.0713. The molecule has 1 fully saturated rings. The van der Waals surface area contributed by atoms with Crippen LogP contribution < -0.4 is 10.1 Å². The van der Waals surface area contributed by atoms with Crippen LogP contribution in [-0.2, 0) is 10.0 Å². The van der Waals surface area contributed by atoms with Crippen molar-refractivity contribution < 1.29 is 13.2 Å². The molecule has 1 aromatic carbocycles. The zero-order valence-corrected chi connectivity index (χ0v) is 14.6. The topological polar surface area (TPSA) is 58.6 Å². The van der Waals surface area contributed by atoms with Crippen molar-refractivity contribution in [2.75, 3.05) is 26.7 Å². The normalized spacial score (nSPS) is 19.8. The van der Waals surface area contributed by atoms with Gasteiger partial charge in [0.15, 0.2) is 0 Å². The van der Waals surface area contributed by atoms with Crippen molar-refractivity contribution in [1.82, 2.24) is 9.62 Å². The maximum Gasteiger partial charge on any atom is 0.243 e. The number of hydrogen-bond acceptors (Lipinski definition) is 4. The second-order valence-corrected chi connectivity index (χ2v) is 8.11. The van der Waals surface area contributed by atoms with E-state index in [1.165, 1.54) is 0 Å². The van der Waals surface area contributed by atoms with Crippen LogP contribution in [0.4, 0.5) is 0 Å². The fourth-order valence-electron chi connectivity index (χ4n) is 2.79. The van der Waals surface area contributed by atoms with Crippen LogP contribution in [0.1, 0.15) is 25.8 Å². The average molecular weight is 326 g/mol. The van der Waals surface area contributed by atoms with Gasteiger partial charge in [-0.05, 0) is 70.5 Å². The summed E-state index contributed by atoms with van der Waals surface area (Å²) < 4.78 is 32.7. The second-order valence-electron chi connectivity index (χ2n) is 6.17. The van der Waals surface area contributed by atoms with Crippen molar-refractivity contribution >= 4 is 10.0 Å². The van der Waals surface area contributed by atoms with Crippen LogP contribution in [0.25, 0.3) is 0 Å². The zero-order chi connectivity index (χ0) is 16.3. The summed E-state index contributed by atoms with van der Waals surface area (Å²) in [4.78, 5) is 0.353. The Morgan fingerprint density at radius 3 is 2.73 bits per heavy atom. The number of benzene rings is 1. The monoisotopic (exact) mass is 326 g/mol. The van der Waals surface area contributed by atoms with E-state index < -0.39 is 10.0 Å². The summed E-state index contributed by atoms with van der Waals surface area (Å²) >= 11 is 0. The first-order valence-corrected chi connectivity index (χ1v) is 9.20. The molecule has 0 aliphatic carbocycles. The third-order valence-electron chi connectivity index (χ3n) is 3.89. The Bertz CT molecular complexity index is 614. The number of nitrogens with one attached hydrogen (secondary N) is 1. The lowest BCUT2D eigenvalue weighted by Gasteiger charge is -2.18. The molecule has 6 heteroatoms. The van der Waals surface area contributed by atoms with Crippen LogP contribution in [0.3, 0.4) is 0 Å². The van der Waals surface area contributed by atoms with E-state index in [2.05, 4.69) is 5.32 Å². The number of rotatable bonds is 6. The smallest absolute Gasteiger partial charge is 0.243 e. The van der Waals surface area contributed by atoms with E-state index in [9.17, 15) is 8.42 Å². The number of ether oxygens (including phenoxy) is 1. The van der Waals surface area contributed by atoms with Crippen LogP contribution in [0.5, 0.6) is 5.75 Å². The van der Waals surface area contributed by atoms with Crippen molar-refractivity contribution in [3.8, 4) is 5.75 Å². The van der Waals surface area contributed by atoms with E-state index in [1.54, 1.807) is 22.5 Å². The Morgan fingerprint density at radius 2 is 2.14 bits per heavy atom. The molecule has 1 unspecified atom stereocenters. The molecule has 1 aromatic rings. The van der Waals surface area contributed by atoms with Gasteiger partial charge >= 0.3 is 0 Å². The van der Waals surface area contributed by atoms with Crippen molar-refractivity contribution in [2.24, 2.45) is 5.92 Å². The first-order chi connectivity index (χ1) is 10.3. The molecule has 1 atom stereocenters. The molecule has 0 bridgehead atoms. The molecule has 1 saturated heterocycles. The SMILES string of the molecule is CNCC1CCN(S(=O)(=O)c2ccc(OC(C)C)c(C)c2)C1. The third-order valence-corrected chi connectivity index (χ3v) is 5.75. The highest BCUT2D eigenvalue weighted by atomic mass is 32.2. The average Bonchev–Trinajstić information content (AvgIpc) is 2.90. The number of sulfonamides is 1. The van der Waals surface area contributed by atoms with Crippen LogP contribution >= 0.6 is 0 Å². The van der Waals surface area contributed by atoms with Gasteiger partial charge in [0.05, 0.1) is 11.0 Å². The molecule has 22 heavy (non-hydrogen) atoms. The standard InChI is InChI=1S/C16H26N2O3S/c1-12(2)21-16-6-5-15(9-13(16)3)22(19,20)18-8-7-14(11-18)10-17-4/h5-6,9,12,14,17H,7-8,10-11H2,1-4H3. The van der Waals surface area contributed by atoms with E-state index >= 15 is 0 Å². The molecular formula is C16H26N2O3S. The van der Waals surface area contributed by atoms with Crippen molar-refractivity contribution in [2.45, 2.75) is 38.2 Å². The van der Waals surface area contributed by atoms with Gasteiger partial charge in [-0.3, -0.25) is 0 Å². The summed E-state index contributed by atoms with van der Waals surface area (Å²) in [5, 5.41) is 3.12. The lowest BCUT2D eigenvalue weighted by atomic mass is 10.1. The molecule has 0 radical (unpaired) electrons. The maximum atomic E-state index is 12.7. The molecule has 0 aromatic heterocycles. The predicted molar refractivity (Wildman–Crippen MR) is 87.7 cm³/mol. The molecule has 0 spiro atoms. The highest BCUT2D eigenvalue weighted by Gasteiger charge is 2.32. The highest BCUT2D eigenvalue weighted by molar-refractivity contribution is 7.89. The number of aryl methyl sites for hydroxylation is 1. The van der Waals surface area contributed by atoms with Crippen LogP contribution in [0, 0.1) is 12.8 Å². The van der Waals surface area contributed by atoms with Gasteiger partial charge in [-0.1, -0.05) is 0 Å². The van der Waals surface area contributed by atoms with E-state index in [0.29, 0.717) is 23.9 Å². The van der Waals surface area contributed by atoms with E-state index in [0.717, 1.165) is 24.3 Å². The summed E-state index contributed by atoms with van der Waals surface area (Å²) in [6, 6.07) is 5.10. The molecule has 1 aliphatic heterocycles. The zero-order valence-electron chi connectivity index (χ0n) is 13.8. The van der Waals surface area contributed by atoms with Gasteiger partial charge in [0.2, 0.25) is 10.0 Å². The number of nitrogens with zero attached hydrogens (tertiary/aromatic N) is 1. The second kappa shape index (κ2) is 6.98. The Balaban J connectivity index is 2.18. The molecule has 2 rings (SSSR count). The van der Waals surface area contributed by atoms with Crippen molar-refractivity contribution in [1.29, 1.82) is 0 Å². The Labute approximate surface area is 133 Å². The molecule has 0 amide bonds. The lowest BCUT2D eigenvalue weighted by Crippen LogP contribution is -2.30. The summed E-state index contributed by atoms with van der Waals surface area (Å²) in [6.07, 6.45) is 0.982. The Hall–Kier alpha value is -1.11. The number of hydrogen-bond donors (Lipinski definition) is 1. The van der Waals surface area contributed by atoms with Gasteiger partial charge in [0, 0.05) is 13.1 Å². The fourth-order valence-corrected chi connectivity index (χ4v) is 4.40. The molecule has 124 valence electrons. The minimum atomic E-state index is -3.41. The maximum absolute atomic E-state index is 12.7. The van der Waals surface area contributed by atoms with Gasteiger partial charge in [-0.2, -0.15) is 4.31 Å². The van der Waals surface area contributed by atoms with Crippen LogP contribution in [0.15, 0.2) is 23.1 Å². The summed E-state index contributed by atoms with van der Waals surface area (Å²) in [7, 11) is -1.51. The van der Waals surface area contributed by atoms with Crippen LogP contribution in [-0.4, -0.2) is 45.5 Å². The highest BCUT2D eigenvalue weighted by Crippen LogP contribution is 2.28. The molecule has 5 nitrogen and oxygen atoms in total. The molecular weight excluding hydrogens is 300 g/mol. The summed E-state index contributed by atoms with van der Waals surface area (Å²) in [5.41, 5.74) is 0.848. The van der Waals surface area contributed by atoms with E-state index in [1.807, 2.05) is 27.8 Å². The van der Waals surface area contributed by atoms with Gasteiger partial charge in [0.25, 0.3) is 0 Å². The van der Waals surface area contributed by atoms with Gasteiger partial charge in [-0.25, -0.2) is 8.42 Å². The first kappa shape index (κ1) is 17.2. The molecule has 1 aliphatic rings. The van der Waals surface area contributed by atoms with E-state index in [-0.39, 0.29) is 6.10 Å². The first-order valence-electron chi connectivity index (χ1n) is 7.76. The van der Waals surface area contributed by atoms with Gasteiger partial charge in [0.1, 0.15) is 5.75 Å². The quantitative estimate of drug-likeness (QED) is 0.869. The van der Waals surface area contributed by atoms with E-state index in [4.69, 9.17) is 4.74 Å². The molecule has 1 N–H and O–H groups in total.